The smallest absolute Gasteiger partial charge is 0.242 e. The average Bonchev–Trinajstić information content (AvgIpc) is 2.59. The molecule has 7 heteroatoms. The summed E-state index contributed by atoms with van der Waals surface area (Å²) < 4.78 is 5.55. The second-order valence-corrected chi connectivity index (χ2v) is 6.18. The SMILES string of the molecule is CCN(CC)CC(=O)N1CCN(C(=O)[C@H]2NCCO[C@@H]2C)CC1. The lowest BCUT2D eigenvalue weighted by molar-refractivity contribution is -0.145. The van der Waals surface area contributed by atoms with Crippen molar-refractivity contribution in [1.82, 2.24) is 20.0 Å². The Morgan fingerprint density at radius 1 is 1.13 bits per heavy atom. The normalized spacial score (nSPS) is 25.7. The lowest BCUT2D eigenvalue weighted by Gasteiger charge is -2.39. The van der Waals surface area contributed by atoms with Crippen molar-refractivity contribution in [3.05, 3.63) is 0 Å². The molecule has 0 saturated carbocycles. The molecular formula is C16H30N4O3. The van der Waals surface area contributed by atoms with Gasteiger partial charge in [0.1, 0.15) is 6.04 Å². The molecule has 0 aromatic heterocycles. The molecule has 0 aromatic carbocycles. The molecule has 0 unspecified atom stereocenters. The molecule has 23 heavy (non-hydrogen) atoms. The number of nitrogens with zero attached hydrogens (tertiary/aromatic N) is 3. The standard InChI is InChI=1S/C16H30N4O3/c1-4-18(5-2)12-14(21)19-7-9-20(10-8-19)16(22)15-13(3)23-11-6-17-15/h13,15,17H,4-12H2,1-3H3/t13-,15+/m1/s1. The van der Waals surface area contributed by atoms with Crippen LogP contribution in [-0.4, -0.2) is 97.6 Å². The van der Waals surface area contributed by atoms with Crippen molar-refractivity contribution in [3.8, 4) is 0 Å². The monoisotopic (exact) mass is 326 g/mol. The van der Waals surface area contributed by atoms with E-state index in [1.165, 1.54) is 0 Å². The van der Waals surface area contributed by atoms with Crippen LogP contribution in [0.4, 0.5) is 0 Å². The average molecular weight is 326 g/mol. The molecule has 2 rings (SSSR count). The highest BCUT2D eigenvalue weighted by atomic mass is 16.5. The summed E-state index contributed by atoms with van der Waals surface area (Å²) in [6.07, 6.45) is -0.0985. The third-order valence-electron chi connectivity index (χ3n) is 4.78. The Morgan fingerprint density at radius 2 is 1.74 bits per heavy atom. The fourth-order valence-corrected chi connectivity index (χ4v) is 3.12. The number of carbonyl (C=O) groups excluding carboxylic acids is 2. The number of nitrogens with one attached hydrogen (secondary N) is 1. The van der Waals surface area contributed by atoms with Crippen molar-refractivity contribution in [2.75, 3.05) is 59.0 Å². The predicted octanol–water partition coefficient (Wildman–Crippen LogP) is -0.624. The van der Waals surface area contributed by atoms with Gasteiger partial charge in [-0.25, -0.2) is 0 Å². The van der Waals surface area contributed by atoms with Crippen LogP contribution in [0.5, 0.6) is 0 Å². The van der Waals surface area contributed by atoms with Crippen molar-refractivity contribution in [2.24, 2.45) is 0 Å². The number of carbonyl (C=O) groups is 2. The topological polar surface area (TPSA) is 65.1 Å². The first kappa shape index (κ1) is 18.2. The molecule has 0 bridgehead atoms. The zero-order valence-corrected chi connectivity index (χ0v) is 14.6. The fourth-order valence-electron chi connectivity index (χ4n) is 3.12. The largest absolute Gasteiger partial charge is 0.375 e. The summed E-state index contributed by atoms with van der Waals surface area (Å²) in [5, 5.41) is 3.24. The van der Waals surface area contributed by atoms with Crippen molar-refractivity contribution in [2.45, 2.75) is 32.9 Å². The Bertz CT molecular complexity index is 406. The van der Waals surface area contributed by atoms with Gasteiger partial charge in [0.15, 0.2) is 0 Å². The van der Waals surface area contributed by atoms with Crippen LogP contribution in [-0.2, 0) is 14.3 Å². The zero-order valence-electron chi connectivity index (χ0n) is 14.6. The minimum absolute atomic E-state index is 0.0908. The van der Waals surface area contributed by atoms with E-state index in [0.29, 0.717) is 45.9 Å². The van der Waals surface area contributed by atoms with Crippen molar-refractivity contribution >= 4 is 11.8 Å². The highest BCUT2D eigenvalue weighted by molar-refractivity contribution is 5.83. The predicted molar refractivity (Wildman–Crippen MR) is 88.2 cm³/mol. The van der Waals surface area contributed by atoms with E-state index in [1.807, 2.05) is 16.7 Å². The van der Waals surface area contributed by atoms with E-state index in [9.17, 15) is 9.59 Å². The molecule has 0 aromatic rings. The van der Waals surface area contributed by atoms with Gasteiger partial charge < -0.3 is 19.9 Å². The number of hydrogen-bond donors (Lipinski definition) is 1. The summed E-state index contributed by atoms with van der Waals surface area (Å²) in [5.41, 5.74) is 0. The summed E-state index contributed by atoms with van der Waals surface area (Å²) in [6.45, 7) is 12.1. The van der Waals surface area contributed by atoms with E-state index in [-0.39, 0.29) is 24.0 Å². The van der Waals surface area contributed by atoms with Gasteiger partial charge in [-0.3, -0.25) is 14.5 Å². The molecule has 2 aliphatic heterocycles. The quantitative estimate of drug-likeness (QED) is 0.729. The van der Waals surface area contributed by atoms with E-state index in [4.69, 9.17) is 4.74 Å². The van der Waals surface area contributed by atoms with E-state index in [0.717, 1.165) is 13.1 Å². The van der Waals surface area contributed by atoms with Gasteiger partial charge in [0.25, 0.3) is 0 Å². The summed E-state index contributed by atoms with van der Waals surface area (Å²) in [7, 11) is 0. The van der Waals surface area contributed by atoms with Crippen LogP contribution in [0.3, 0.4) is 0 Å². The van der Waals surface area contributed by atoms with Crippen LogP contribution in [0.1, 0.15) is 20.8 Å². The molecule has 0 spiro atoms. The van der Waals surface area contributed by atoms with Gasteiger partial charge in [-0.2, -0.15) is 0 Å². The first-order valence-electron chi connectivity index (χ1n) is 8.70. The fraction of sp³-hybridized carbons (Fsp3) is 0.875. The Morgan fingerprint density at radius 3 is 2.30 bits per heavy atom. The molecular weight excluding hydrogens is 296 g/mol. The lowest BCUT2D eigenvalue weighted by atomic mass is 10.1. The lowest BCUT2D eigenvalue weighted by Crippen LogP contribution is -2.60. The van der Waals surface area contributed by atoms with Gasteiger partial charge in [-0.15, -0.1) is 0 Å². The second kappa shape index (κ2) is 8.61. The number of morpholine rings is 1. The van der Waals surface area contributed by atoms with Gasteiger partial charge in [0.05, 0.1) is 19.3 Å². The number of likely N-dealkylation sites (N-methyl/N-ethyl adjacent to an activating group) is 1. The van der Waals surface area contributed by atoms with Crippen LogP contribution in [0.2, 0.25) is 0 Å². The van der Waals surface area contributed by atoms with Gasteiger partial charge in [0.2, 0.25) is 11.8 Å². The number of rotatable bonds is 5. The third kappa shape index (κ3) is 4.65. The summed E-state index contributed by atoms with van der Waals surface area (Å²) >= 11 is 0. The molecule has 2 amide bonds. The molecule has 1 N–H and O–H groups in total. The Hall–Kier alpha value is -1.18. The van der Waals surface area contributed by atoms with Crippen LogP contribution >= 0.6 is 0 Å². The highest BCUT2D eigenvalue weighted by Gasteiger charge is 2.33. The maximum Gasteiger partial charge on any atom is 0.242 e. The summed E-state index contributed by atoms with van der Waals surface area (Å²) in [5.74, 6) is 0.251. The van der Waals surface area contributed by atoms with Gasteiger partial charge >= 0.3 is 0 Å². The summed E-state index contributed by atoms with van der Waals surface area (Å²) in [4.78, 5) is 30.7. The molecule has 2 fully saturated rings. The minimum atomic E-state index is -0.262. The molecule has 132 valence electrons. The van der Waals surface area contributed by atoms with E-state index in [2.05, 4.69) is 24.1 Å². The maximum atomic E-state index is 12.6. The Labute approximate surface area is 138 Å². The zero-order chi connectivity index (χ0) is 16.8. The van der Waals surface area contributed by atoms with Crippen LogP contribution in [0.25, 0.3) is 0 Å². The van der Waals surface area contributed by atoms with Gasteiger partial charge in [-0.05, 0) is 20.0 Å². The first-order chi connectivity index (χ1) is 11.1. The van der Waals surface area contributed by atoms with Crippen molar-refractivity contribution < 1.29 is 14.3 Å². The molecule has 2 heterocycles. The molecule has 2 aliphatic rings. The number of hydrogen-bond acceptors (Lipinski definition) is 5. The van der Waals surface area contributed by atoms with Crippen molar-refractivity contribution in [1.29, 1.82) is 0 Å². The Balaban J connectivity index is 1.81. The van der Waals surface area contributed by atoms with Crippen LogP contribution < -0.4 is 5.32 Å². The third-order valence-corrected chi connectivity index (χ3v) is 4.78. The number of amides is 2. The molecule has 7 nitrogen and oxygen atoms in total. The van der Waals surface area contributed by atoms with E-state index in [1.54, 1.807) is 0 Å². The molecule has 2 atom stereocenters. The number of ether oxygens (including phenoxy) is 1. The summed E-state index contributed by atoms with van der Waals surface area (Å²) in [6, 6.07) is -0.262. The highest BCUT2D eigenvalue weighted by Crippen LogP contribution is 2.11. The van der Waals surface area contributed by atoms with Gasteiger partial charge in [-0.1, -0.05) is 13.8 Å². The van der Waals surface area contributed by atoms with E-state index >= 15 is 0 Å². The number of piperazine rings is 1. The van der Waals surface area contributed by atoms with Gasteiger partial charge in [0, 0.05) is 32.7 Å². The van der Waals surface area contributed by atoms with Crippen molar-refractivity contribution in [3.63, 3.8) is 0 Å². The second-order valence-electron chi connectivity index (χ2n) is 6.18. The first-order valence-corrected chi connectivity index (χ1v) is 8.70. The molecule has 2 saturated heterocycles. The maximum absolute atomic E-state index is 12.6. The van der Waals surface area contributed by atoms with E-state index < -0.39 is 0 Å². The Kier molecular flexibility index (Phi) is 6.80. The molecule has 0 radical (unpaired) electrons. The van der Waals surface area contributed by atoms with Crippen LogP contribution in [0, 0.1) is 0 Å². The molecule has 0 aliphatic carbocycles. The van der Waals surface area contributed by atoms with Crippen LogP contribution in [0.15, 0.2) is 0 Å². The minimum Gasteiger partial charge on any atom is -0.375 e.